The van der Waals surface area contributed by atoms with Crippen molar-refractivity contribution in [3.8, 4) is 0 Å². The number of aromatic nitrogens is 2. The van der Waals surface area contributed by atoms with Crippen LogP contribution in [0.1, 0.15) is 32.7 Å². The van der Waals surface area contributed by atoms with E-state index in [-0.39, 0.29) is 11.7 Å². The SMILES string of the molecule is O=C(NCCCn1ccnc1)c1ccccc1C(=O)c1ccccc1. The van der Waals surface area contributed by atoms with Crippen LogP contribution in [0.5, 0.6) is 0 Å². The summed E-state index contributed by atoms with van der Waals surface area (Å²) in [5.41, 5.74) is 1.39. The number of nitrogens with zero attached hydrogens (tertiary/aromatic N) is 2. The fraction of sp³-hybridized carbons (Fsp3) is 0.150. The van der Waals surface area contributed by atoms with Crippen LogP contribution in [0.4, 0.5) is 0 Å². The zero-order chi connectivity index (χ0) is 17.5. The maximum absolute atomic E-state index is 12.7. The highest BCUT2D eigenvalue weighted by Gasteiger charge is 2.17. The van der Waals surface area contributed by atoms with Crippen molar-refractivity contribution in [2.24, 2.45) is 0 Å². The number of amides is 1. The molecule has 0 unspecified atom stereocenters. The van der Waals surface area contributed by atoms with Crippen LogP contribution < -0.4 is 5.32 Å². The van der Waals surface area contributed by atoms with Gasteiger partial charge in [-0.15, -0.1) is 0 Å². The van der Waals surface area contributed by atoms with Crippen LogP contribution in [0.15, 0.2) is 73.3 Å². The average Bonchev–Trinajstić information content (AvgIpc) is 3.19. The topological polar surface area (TPSA) is 64.0 Å². The molecule has 0 aliphatic heterocycles. The van der Waals surface area contributed by atoms with Gasteiger partial charge in [0.05, 0.1) is 11.9 Å². The lowest BCUT2D eigenvalue weighted by atomic mass is 9.98. The minimum atomic E-state index is -0.231. The summed E-state index contributed by atoms with van der Waals surface area (Å²) >= 11 is 0. The summed E-state index contributed by atoms with van der Waals surface area (Å²) < 4.78 is 1.96. The summed E-state index contributed by atoms with van der Waals surface area (Å²) in [5, 5.41) is 2.88. The molecular weight excluding hydrogens is 314 g/mol. The molecule has 0 spiro atoms. The highest BCUT2D eigenvalue weighted by atomic mass is 16.2. The Hall–Kier alpha value is -3.21. The second-order valence-corrected chi connectivity index (χ2v) is 5.65. The molecule has 1 N–H and O–H groups in total. The smallest absolute Gasteiger partial charge is 0.252 e. The Bertz CT molecular complexity index is 842. The number of hydrogen-bond acceptors (Lipinski definition) is 3. The first-order chi connectivity index (χ1) is 12.3. The van der Waals surface area contributed by atoms with Gasteiger partial charge in [0.1, 0.15) is 0 Å². The lowest BCUT2D eigenvalue weighted by Crippen LogP contribution is -2.27. The highest BCUT2D eigenvalue weighted by Crippen LogP contribution is 2.14. The van der Waals surface area contributed by atoms with Crippen molar-refractivity contribution in [2.45, 2.75) is 13.0 Å². The van der Waals surface area contributed by atoms with E-state index in [2.05, 4.69) is 10.3 Å². The standard InChI is InChI=1S/C20H19N3O2/c24-19(16-7-2-1-3-8-16)17-9-4-5-10-18(17)20(25)22-11-6-13-23-14-12-21-15-23/h1-5,7-10,12,14-15H,6,11,13H2,(H,22,25). The van der Waals surface area contributed by atoms with Crippen molar-refractivity contribution >= 4 is 11.7 Å². The van der Waals surface area contributed by atoms with Crippen molar-refractivity contribution in [1.29, 1.82) is 0 Å². The molecule has 1 heterocycles. The first-order valence-corrected chi connectivity index (χ1v) is 8.18. The van der Waals surface area contributed by atoms with Gasteiger partial charge < -0.3 is 9.88 Å². The molecule has 0 fully saturated rings. The number of hydrogen-bond donors (Lipinski definition) is 1. The van der Waals surface area contributed by atoms with Crippen molar-refractivity contribution in [3.05, 3.63) is 90.0 Å². The third-order valence-corrected chi connectivity index (χ3v) is 3.89. The number of imidazole rings is 1. The van der Waals surface area contributed by atoms with Crippen LogP contribution in [-0.4, -0.2) is 27.8 Å². The summed E-state index contributed by atoms with van der Waals surface area (Å²) in [5.74, 6) is -0.379. The van der Waals surface area contributed by atoms with Crippen molar-refractivity contribution in [3.63, 3.8) is 0 Å². The molecule has 2 aromatic carbocycles. The van der Waals surface area contributed by atoms with E-state index < -0.39 is 0 Å². The predicted molar refractivity (Wildman–Crippen MR) is 95.5 cm³/mol. The Kier molecular flexibility index (Phi) is 5.36. The Morgan fingerprint density at radius 1 is 0.960 bits per heavy atom. The molecule has 25 heavy (non-hydrogen) atoms. The predicted octanol–water partition coefficient (Wildman–Crippen LogP) is 2.93. The fourth-order valence-corrected chi connectivity index (χ4v) is 2.60. The quantitative estimate of drug-likeness (QED) is 0.534. The largest absolute Gasteiger partial charge is 0.352 e. The number of aryl methyl sites for hydroxylation is 1. The van der Waals surface area contributed by atoms with Crippen LogP contribution >= 0.6 is 0 Å². The molecule has 3 rings (SSSR count). The fourth-order valence-electron chi connectivity index (χ4n) is 2.60. The summed E-state index contributed by atoms with van der Waals surface area (Å²) in [4.78, 5) is 29.1. The van der Waals surface area contributed by atoms with Gasteiger partial charge in [-0.1, -0.05) is 48.5 Å². The monoisotopic (exact) mass is 333 g/mol. The van der Waals surface area contributed by atoms with Crippen LogP contribution in [0, 0.1) is 0 Å². The summed E-state index contributed by atoms with van der Waals surface area (Å²) in [6.07, 6.45) is 6.15. The minimum absolute atomic E-state index is 0.148. The Labute approximate surface area is 146 Å². The molecule has 0 bridgehead atoms. The molecule has 1 aromatic heterocycles. The summed E-state index contributed by atoms with van der Waals surface area (Å²) in [7, 11) is 0. The molecule has 126 valence electrons. The van der Waals surface area contributed by atoms with E-state index in [0.29, 0.717) is 23.2 Å². The Morgan fingerprint density at radius 3 is 2.40 bits per heavy atom. The number of ketones is 1. The highest BCUT2D eigenvalue weighted by molar-refractivity contribution is 6.15. The van der Waals surface area contributed by atoms with Gasteiger partial charge >= 0.3 is 0 Å². The lowest BCUT2D eigenvalue weighted by Gasteiger charge is -2.10. The normalized spacial score (nSPS) is 10.4. The van der Waals surface area contributed by atoms with Crippen molar-refractivity contribution in [2.75, 3.05) is 6.54 Å². The van der Waals surface area contributed by atoms with Gasteiger partial charge in [0.2, 0.25) is 0 Å². The van der Waals surface area contributed by atoms with Crippen LogP contribution in [0.2, 0.25) is 0 Å². The molecule has 0 saturated heterocycles. The number of nitrogens with one attached hydrogen (secondary N) is 1. The second kappa shape index (κ2) is 8.06. The van der Waals surface area contributed by atoms with Crippen molar-refractivity contribution in [1.82, 2.24) is 14.9 Å². The molecule has 1 amide bonds. The molecule has 0 aliphatic carbocycles. The molecule has 5 heteroatoms. The van der Waals surface area contributed by atoms with Gasteiger partial charge in [0.15, 0.2) is 5.78 Å². The summed E-state index contributed by atoms with van der Waals surface area (Å²) in [6, 6.07) is 15.9. The lowest BCUT2D eigenvalue weighted by molar-refractivity contribution is 0.0941. The number of carbonyl (C=O) groups excluding carboxylic acids is 2. The molecule has 0 radical (unpaired) electrons. The van der Waals surface area contributed by atoms with E-state index in [1.165, 1.54) is 0 Å². The van der Waals surface area contributed by atoms with Gasteiger partial charge in [0, 0.05) is 36.6 Å². The van der Waals surface area contributed by atoms with Gasteiger partial charge in [-0.3, -0.25) is 9.59 Å². The van der Waals surface area contributed by atoms with E-state index >= 15 is 0 Å². The van der Waals surface area contributed by atoms with E-state index in [1.54, 1.807) is 48.9 Å². The minimum Gasteiger partial charge on any atom is -0.352 e. The van der Waals surface area contributed by atoms with E-state index in [9.17, 15) is 9.59 Å². The third kappa shape index (κ3) is 4.20. The van der Waals surface area contributed by atoms with Gasteiger partial charge in [-0.2, -0.15) is 0 Å². The summed E-state index contributed by atoms with van der Waals surface area (Å²) in [6.45, 7) is 1.32. The maximum atomic E-state index is 12.7. The first kappa shape index (κ1) is 16.6. The average molecular weight is 333 g/mol. The van der Waals surface area contributed by atoms with Crippen molar-refractivity contribution < 1.29 is 9.59 Å². The van der Waals surface area contributed by atoms with Gasteiger partial charge in [0.25, 0.3) is 5.91 Å². The van der Waals surface area contributed by atoms with Gasteiger partial charge in [-0.05, 0) is 12.5 Å². The van der Waals surface area contributed by atoms with E-state index in [0.717, 1.165) is 13.0 Å². The zero-order valence-corrected chi connectivity index (χ0v) is 13.8. The van der Waals surface area contributed by atoms with Crippen LogP contribution in [0.25, 0.3) is 0 Å². The Morgan fingerprint density at radius 2 is 1.68 bits per heavy atom. The third-order valence-electron chi connectivity index (χ3n) is 3.89. The molecule has 0 atom stereocenters. The van der Waals surface area contributed by atoms with E-state index in [1.807, 2.05) is 29.0 Å². The van der Waals surface area contributed by atoms with Crippen LogP contribution in [0.3, 0.4) is 0 Å². The molecular formula is C20H19N3O2. The molecule has 3 aromatic rings. The number of carbonyl (C=O) groups is 2. The van der Waals surface area contributed by atoms with Gasteiger partial charge in [-0.25, -0.2) is 4.98 Å². The van der Waals surface area contributed by atoms with E-state index in [4.69, 9.17) is 0 Å². The molecule has 0 saturated carbocycles. The first-order valence-electron chi connectivity index (χ1n) is 8.18. The Balaban J connectivity index is 1.65. The molecule has 0 aliphatic rings. The molecule has 5 nitrogen and oxygen atoms in total. The number of benzene rings is 2. The zero-order valence-electron chi connectivity index (χ0n) is 13.8. The second-order valence-electron chi connectivity index (χ2n) is 5.65. The number of rotatable bonds is 7. The maximum Gasteiger partial charge on any atom is 0.252 e. The van der Waals surface area contributed by atoms with Crippen LogP contribution in [-0.2, 0) is 6.54 Å².